The quantitative estimate of drug-likeness (QED) is 0.621. The standard InChI is InChI=1S/C12H26N2O2/c1-8(7-15)10(3)14-11(6-13)12-5-4-9(2)16-12/h8-12,14-15H,4-7,13H2,1-3H3. The molecule has 1 aliphatic rings. The zero-order chi connectivity index (χ0) is 12.1. The zero-order valence-corrected chi connectivity index (χ0v) is 10.6. The van der Waals surface area contributed by atoms with Crippen LogP contribution in [0.1, 0.15) is 33.6 Å². The van der Waals surface area contributed by atoms with E-state index in [-0.39, 0.29) is 30.7 Å². The normalized spacial score (nSPS) is 31.3. The van der Waals surface area contributed by atoms with Crippen molar-refractivity contribution in [1.82, 2.24) is 5.32 Å². The Bertz CT molecular complexity index is 201. The zero-order valence-electron chi connectivity index (χ0n) is 10.6. The van der Waals surface area contributed by atoms with Crippen LogP contribution in [0.15, 0.2) is 0 Å². The molecule has 0 aromatic heterocycles. The highest BCUT2D eigenvalue weighted by molar-refractivity contribution is 4.86. The molecule has 0 amide bonds. The minimum absolute atomic E-state index is 0.202. The molecular weight excluding hydrogens is 204 g/mol. The van der Waals surface area contributed by atoms with Gasteiger partial charge in [0.1, 0.15) is 0 Å². The Morgan fingerprint density at radius 3 is 2.56 bits per heavy atom. The predicted molar refractivity (Wildman–Crippen MR) is 65.3 cm³/mol. The first-order valence-corrected chi connectivity index (χ1v) is 6.30. The minimum atomic E-state index is 0.202. The van der Waals surface area contributed by atoms with Crippen LogP contribution >= 0.6 is 0 Å². The van der Waals surface area contributed by atoms with E-state index in [1.54, 1.807) is 0 Å². The molecule has 0 aliphatic carbocycles. The van der Waals surface area contributed by atoms with Crippen LogP contribution in [0.4, 0.5) is 0 Å². The van der Waals surface area contributed by atoms with Crippen molar-refractivity contribution in [2.45, 2.75) is 57.9 Å². The molecule has 5 unspecified atom stereocenters. The molecular formula is C12H26N2O2. The molecule has 4 heteroatoms. The number of hydrogen-bond donors (Lipinski definition) is 3. The first-order chi connectivity index (χ1) is 7.58. The lowest BCUT2D eigenvalue weighted by molar-refractivity contribution is 0.0288. The summed E-state index contributed by atoms with van der Waals surface area (Å²) >= 11 is 0. The second-order valence-corrected chi connectivity index (χ2v) is 5.02. The van der Waals surface area contributed by atoms with Gasteiger partial charge in [0.15, 0.2) is 0 Å². The SMILES string of the molecule is CC1CCC(C(CN)NC(C)C(C)CO)O1. The van der Waals surface area contributed by atoms with E-state index < -0.39 is 0 Å². The van der Waals surface area contributed by atoms with Crippen LogP contribution in [0.25, 0.3) is 0 Å². The second kappa shape index (κ2) is 6.55. The minimum Gasteiger partial charge on any atom is -0.396 e. The smallest absolute Gasteiger partial charge is 0.0745 e. The lowest BCUT2D eigenvalue weighted by Gasteiger charge is -2.29. The third-order valence-corrected chi connectivity index (χ3v) is 3.59. The van der Waals surface area contributed by atoms with Crippen LogP contribution in [0.5, 0.6) is 0 Å². The third-order valence-electron chi connectivity index (χ3n) is 3.59. The molecule has 0 saturated carbocycles. The van der Waals surface area contributed by atoms with E-state index in [1.807, 2.05) is 6.92 Å². The van der Waals surface area contributed by atoms with Crippen molar-refractivity contribution in [3.05, 3.63) is 0 Å². The molecule has 1 fully saturated rings. The predicted octanol–water partition coefficient (Wildman–Crippen LogP) is 0.488. The van der Waals surface area contributed by atoms with Crippen LogP contribution < -0.4 is 11.1 Å². The van der Waals surface area contributed by atoms with E-state index in [2.05, 4.69) is 19.2 Å². The average molecular weight is 230 g/mol. The third kappa shape index (κ3) is 3.70. The molecule has 1 rings (SSSR count). The van der Waals surface area contributed by atoms with Crippen LogP contribution in [-0.2, 0) is 4.74 Å². The first kappa shape index (κ1) is 13.9. The van der Waals surface area contributed by atoms with Crippen LogP contribution in [0.2, 0.25) is 0 Å². The maximum Gasteiger partial charge on any atom is 0.0745 e. The van der Waals surface area contributed by atoms with Crippen molar-refractivity contribution in [2.24, 2.45) is 11.7 Å². The van der Waals surface area contributed by atoms with Crippen LogP contribution in [-0.4, -0.2) is 42.5 Å². The molecule has 4 nitrogen and oxygen atoms in total. The maximum atomic E-state index is 9.10. The molecule has 0 radical (unpaired) electrons. The molecule has 4 N–H and O–H groups in total. The Kier molecular flexibility index (Phi) is 5.69. The van der Waals surface area contributed by atoms with Gasteiger partial charge in [-0.25, -0.2) is 0 Å². The Morgan fingerprint density at radius 1 is 1.44 bits per heavy atom. The lowest BCUT2D eigenvalue weighted by Crippen LogP contribution is -2.51. The first-order valence-electron chi connectivity index (χ1n) is 6.30. The fourth-order valence-electron chi connectivity index (χ4n) is 2.12. The molecule has 16 heavy (non-hydrogen) atoms. The number of aliphatic hydroxyl groups excluding tert-OH is 1. The van der Waals surface area contributed by atoms with Crippen LogP contribution in [0.3, 0.4) is 0 Å². The molecule has 0 aromatic rings. The number of hydrogen-bond acceptors (Lipinski definition) is 4. The van der Waals surface area contributed by atoms with Gasteiger partial charge in [-0.15, -0.1) is 0 Å². The van der Waals surface area contributed by atoms with Crippen LogP contribution in [0, 0.1) is 5.92 Å². The highest BCUT2D eigenvalue weighted by atomic mass is 16.5. The van der Waals surface area contributed by atoms with E-state index in [0.29, 0.717) is 12.6 Å². The topological polar surface area (TPSA) is 67.5 Å². The van der Waals surface area contributed by atoms with Gasteiger partial charge in [0.2, 0.25) is 0 Å². The molecule has 1 aliphatic heterocycles. The molecule has 0 aromatic carbocycles. The Morgan fingerprint density at radius 2 is 2.12 bits per heavy atom. The highest BCUT2D eigenvalue weighted by Gasteiger charge is 2.30. The number of ether oxygens (including phenoxy) is 1. The Labute approximate surface area is 98.5 Å². The van der Waals surface area contributed by atoms with Gasteiger partial charge in [0.05, 0.1) is 12.2 Å². The summed E-state index contributed by atoms with van der Waals surface area (Å²) in [4.78, 5) is 0. The Balaban J connectivity index is 2.42. The number of aliphatic hydroxyl groups is 1. The van der Waals surface area contributed by atoms with Crippen molar-refractivity contribution in [3.8, 4) is 0 Å². The number of rotatable bonds is 6. The lowest BCUT2D eigenvalue weighted by atomic mass is 10.0. The molecule has 0 bridgehead atoms. The molecule has 1 heterocycles. The maximum absolute atomic E-state index is 9.10. The fourth-order valence-corrected chi connectivity index (χ4v) is 2.12. The number of nitrogens with two attached hydrogens (primary N) is 1. The highest BCUT2D eigenvalue weighted by Crippen LogP contribution is 2.22. The van der Waals surface area contributed by atoms with Gasteiger partial charge in [-0.3, -0.25) is 0 Å². The summed E-state index contributed by atoms with van der Waals surface area (Å²) in [5, 5.41) is 12.6. The Hall–Kier alpha value is -0.160. The molecule has 96 valence electrons. The van der Waals surface area contributed by atoms with Gasteiger partial charge < -0.3 is 20.9 Å². The summed E-state index contributed by atoms with van der Waals surface area (Å²) in [6, 6.07) is 0.465. The molecule has 5 atom stereocenters. The van der Waals surface area contributed by atoms with E-state index in [4.69, 9.17) is 15.6 Å². The van der Waals surface area contributed by atoms with Crippen molar-refractivity contribution in [1.29, 1.82) is 0 Å². The van der Waals surface area contributed by atoms with E-state index in [0.717, 1.165) is 12.8 Å². The summed E-state index contributed by atoms with van der Waals surface area (Å²) < 4.78 is 5.82. The van der Waals surface area contributed by atoms with E-state index >= 15 is 0 Å². The van der Waals surface area contributed by atoms with Gasteiger partial charge in [-0.1, -0.05) is 6.92 Å². The van der Waals surface area contributed by atoms with Crippen molar-refractivity contribution in [3.63, 3.8) is 0 Å². The van der Waals surface area contributed by atoms with Gasteiger partial charge >= 0.3 is 0 Å². The van der Waals surface area contributed by atoms with Crippen molar-refractivity contribution in [2.75, 3.05) is 13.2 Å². The monoisotopic (exact) mass is 230 g/mol. The van der Waals surface area contributed by atoms with Gasteiger partial charge in [0.25, 0.3) is 0 Å². The number of nitrogens with one attached hydrogen (secondary N) is 1. The molecule has 1 saturated heterocycles. The van der Waals surface area contributed by atoms with Gasteiger partial charge in [-0.2, -0.15) is 0 Å². The summed E-state index contributed by atoms with van der Waals surface area (Å²) in [7, 11) is 0. The molecule has 0 spiro atoms. The van der Waals surface area contributed by atoms with Gasteiger partial charge in [-0.05, 0) is 32.6 Å². The van der Waals surface area contributed by atoms with Crippen molar-refractivity contribution < 1.29 is 9.84 Å². The summed E-state index contributed by atoms with van der Waals surface area (Å²) in [6.07, 6.45) is 2.78. The fraction of sp³-hybridized carbons (Fsp3) is 1.00. The van der Waals surface area contributed by atoms with E-state index in [1.165, 1.54) is 0 Å². The largest absolute Gasteiger partial charge is 0.396 e. The van der Waals surface area contributed by atoms with Crippen molar-refractivity contribution >= 4 is 0 Å². The summed E-state index contributed by atoms with van der Waals surface area (Å²) in [5.74, 6) is 0.243. The van der Waals surface area contributed by atoms with E-state index in [9.17, 15) is 0 Å². The average Bonchev–Trinajstić information content (AvgIpc) is 2.71. The van der Waals surface area contributed by atoms with Gasteiger partial charge in [0, 0.05) is 25.2 Å². The summed E-state index contributed by atoms with van der Waals surface area (Å²) in [5.41, 5.74) is 5.78. The second-order valence-electron chi connectivity index (χ2n) is 5.02. The summed E-state index contributed by atoms with van der Waals surface area (Å²) in [6.45, 7) is 7.01.